The van der Waals surface area contributed by atoms with Crippen LogP contribution >= 0.6 is 11.3 Å². The molecule has 0 aliphatic carbocycles. The molecule has 1 N–H and O–H groups in total. The molecular formula is C19H18F3N3OS. The molecule has 1 aliphatic heterocycles. The number of alkyl halides is 3. The number of benzene rings is 2. The van der Waals surface area contributed by atoms with E-state index in [1.165, 1.54) is 23.5 Å². The molecule has 0 amide bonds. The second kappa shape index (κ2) is 7.01. The molecule has 4 nitrogen and oxygen atoms in total. The van der Waals surface area contributed by atoms with E-state index in [2.05, 4.69) is 14.8 Å². The monoisotopic (exact) mass is 393 g/mol. The number of phenolic OH excluding ortho intramolecular Hbond substituents is 1. The van der Waals surface area contributed by atoms with Crippen molar-refractivity contribution in [2.24, 2.45) is 0 Å². The van der Waals surface area contributed by atoms with E-state index >= 15 is 0 Å². The fraction of sp³-hybridized carbons (Fsp3) is 0.316. The molecule has 1 aliphatic rings. The number of anilines is 1. The highest BCUT2D eigenvalue weighted by atomic mass is 32.1. The summed E-state index contributed by atoms with van der Waals surface area (Å²) in [6.45, 7) is 3.53. The first-order chi connectivity index (χ1) is 12.9. The lowest BCUT2D eigenvalue weighted by Crippen LogP contribution is -2.46. The van der Waals surface area contributed by atoms with Gasteiger partial charge in [0.2, 0.25) is 0 Å². The van der Waals surface area contributed by atoms with Crippen molar-refractivity contribution >= 4 is 27.2 Å². The Bertz CT molecular complexity index is 949. The van der Waals surface area contributed by atoms with Gasteiger partial charge in [-0.05, 0) is 23.8 Å². The van der Waals surface area contributed by atoms with Gasteiger partial charge in [-0.1, -0.05) is 18.2 Å². The summed E-state index contributed by atoms with van der Waals surface area (Å²) in [7, 11) is 0. The summed E-state index contributed by atoms with van der Waals surface area (Å²) in [5.41, 5.74) is 3.57. The normalized spacial score (nSPS) is 16.2. The Balaban J connectivity index is 1.43. The van der Waals surface area contributed by atoms with Crippen molar-refractivity contribution < 1.29 is 18.3 Å². The Kier molecular flexibility index (Phi) is 4.69. The zero-order valence-electron chi connectivity index (χ0n) is 14.4. The Morgan fingerprint density at radius 2 is 1.85 bits per heavy atom. The van der Waals surface area contributed by atoms with Crippen LogP contribution in [0.3, 0.4) is 0 Å². The van der Waals surface area contributed by atoms with E-state index < -0.39 is 11.7 Å². The lowest BCUT2D eigenvalue weighted by atomic mass is 10.1. The van der Waals surface area contributed by atoms with E-state index in [1.54, 1.807) is 17.6 Å². The number of halogens is 3. The van der Waals surface area contributed by atoms with E-state index in [-0.39, 0.29) is 5.75 Å². The Labute approximate surface area is 158 Å². The summed E-state index contributed by atoms with van der Waals surface area (Å²) < 4.78 is 39.4. The Hall–Kier alpha value is -2.32. The smallest absolute Gasteiger partial charge is 0.416 e. The predicted molar refractivity (Wildman–Crippen MR) is 100 cm³/mol. The maximum atomic E-state index is 12.9. The number of aromatic nitrogens is 1. The summed E-state index contributed by atoms with van der Waals surface area (Å²) in [5, 5.41) is 9.93. The number of phenols is 1. The van der Waals surface area contributed by atoms with Gasteiger partial charge in [0.25, 0.3) is 0 Å². The van der Waals surface area contributed by atoms with Crippen molar-refractivity contribution in [3.05, 3.63) is 53.0 Å². The number of hydrogen-bond donors (Lipinski definition) is 1. The van der Waals surface area contributed by atoms with Gasteiger partial charge in [0.15, 0.2) is 0 Å². The number of aromatic hydroxyl groups is 1. The topological polar surface area (TPSA) is 39.6 Å². The van der Waals surface area contributed by atoms with Gasteiger partial charge in [0.05, 0.1) is 21.5 Å². The molecule has 0 bridgehead atoms. The summed E-state index contributed by atoms with van der Waals surface area (Å²) in [6.07, 6.45) is -4.31. The van der Waals surface area contributed by atoms with Crippen molar-refractivity contribution in [3.8, 4) is 5.75 Å². The highest BCUT2D eigenvalue weighted by Gasteiger charge is 2.30. The number of nitrogens with zero attached hydrogens (tertiary/aromatic N) is 3. The number of piperazine rings is 1. The minimum absolute atomic E-state index is 0.236. The molecule has 0 radical (unpaired) electrons. The van der Waals surface area contributed by atoms with Gasteiger partial charge in [-0.2, -0.15) is 13.2 Å². The maximum absolute atomic E-state index is 12.9. The predicted octanol–water partition coefficient (Wildman–Crippen LogP) is 4.34. The van der Waals surface area contributed by atoms with Crippen LogP contribution in [0.5, 0.6) is 5.75 Å². The van der Waals surface area contributed by atoms with Gasteiger partial charge in [0.1, 0.15) is 11.3 Å². The van der Waals surface area contributed by atoms with Gasteiger partial charge in [0, 0.05) is 32.7 Å². The van der Waals surface area contributed by atoms with Crippen LogP contribution in [0.15, 0.2) is 41.9 Å². The molecule has 8 heteroatoms. The molecule has 3 aromatic rings. The number of thiazole rings is 1. The molecule has 0 atom stereocenters. The first-order valence-corrected chi connectivity index (χ1v) is 9.48. The lowest BCUT2D eigenvalue weighted by molar-refractivity contribution is -0.137. The van der Waals surface area contributed by atoms with E-state index in [4.69, 9.17) is 0 Å². The highest BCUT2D eigenvalue weighted by Crippen LogP contribution is 2.35. The minimum atomic E-state index is -4.31. The zero-order chi connectivity index (χ0) is 19.0. The SMILES string of the molecule is Oc1ccc(N2CCN(Cc3cccc(C(F)(F)F)c3)CC2)c2ncsc12. The highest BCUT2D eigenvalue weighted by molar-refractivity contribution is 7.17. The van der Waals surface area contributed by atoms with Crippen molar-refractivity contribution in [1.82, 2.24) is 9.88 Å². The van der Waals surface area contributed by atoms with E-state index in [9.17, 15) is 18.3 Å². The quantitative estimate of drug-likeness (QED) is 0.719. The van der Waals surface area contributed by atoms with Crippen molar-refractivity contribution in [2.75, 3.05) is 31.1 Å². The second-order valence-electron chi connectivity index (χ2n) is 6.60. The van der Waals surface area contributed by atoms with Gasteiger partial charge in [-0.15, -0.1) is 11.3 Å². The fourth-order valence-corrected chi connectivity index (χ4v) is 4.15. The standard InChI is InChI=1S/C19H18F3N3OS/c20-19(21,22)14-3-1-2-13(10-14)11-24-6-8-25(9-7-24)15-4-5-16(26)18-17(15)23-12-27-18/h1-5,10,12,26H,6-9,11H2. The summed E-state index contributed by atoms with van der Waals surface area (Å²) >= 11 is 1.41. The second-order valence-corrected chi connectivity index (χ2v) is 7.45. The van der Waals surface area contributed by atoms with E-state index in [0.717, 1.165) is 48.1 Å². The minimum Gasteiger partial charge on any atom is -0.506 e. The molecule has 142 valence electrons. The summed E-state index contributed by atoms with van der Waals surface area (Å²) in [6, 6.07) is 9.09. The largest absolute Gasteiger partial charge is 0.506 e. The molecular weight excluding hydrogens is 375 g/mol. The van der Waals surface area contributed by atoms with E-state index in [1.807, 2.05) is 6.07 Å². The van der Waals surface area contributed by atoms with Crippen LogP contribution in [0.2, 0.25) is 0 Å². The van der Waals surface area contributed by atoms with Gasteiger partial charge >= 0.3 is 6.18 Å². The molecule has 0 saturated carbocycles. The third-order valence-electron chi connectivity index (χ3n) is 4.82. The average molecular weight is 393 g/mol. The number of hydrogen-bond acceptors (Lipinski definition) is 5. The average Bonchev–Trinajstić information content (AvgIpc) is 3.13. The number of fused-ring (bicyclic) bond motifs is 1. The van der Waals surface area contributed by atoms with Gasteiger partial charge in [-0.3, -0.25) is 4.90 Å². The molecule has 1 fully saturated rings. The van der Waals surface area contributed by atoms with E-state index in [0.29, 0.717) is 12.1 Å². The molecule has 2 heterocycles. The third-order valence-corrected chi connectivity index (χ3v) is 5.66. The van der Waals surface area contributed by atoms with Crippen LogP contribution in [-0.4, -0.2) is 41.2 Å². The molecule has 1 saturated heterocycles. The molecule has 2 aromatic carbocycles. The first-order valence-electron chi connectivity index (χ1n) is 8.60. The number of rotatable bonds is 3. The van der Waals surface area contributed by atoms with Crippen molar-refractivity contribution in [3.63, 3.8) is 0 Å². The van der Waals surface area contributed by atoms with Gasteiger partial charge in [-0.25, -0.2) is 4.98 Å². The summed E-state index contributed by atoms with van der Waals surface area (Å²) in [5.74, 6) is 0.236. The molecule has 1 aromatic heterocycles. The maximum Gasteiger partial charge on any atom is 0.416 e. The molecule has 4 rings (SSSR count). The molecule has 0 unspecified atom stereocenters. The molecule has 27 heavy (non-hydrogen) atoms. The first kappa shape index (κ1) is 18.1. The summed E-state index contributed by atoms with van der Waals surface area (Å²) in [4.78, 5) is 8.74. The fourth-order valence-electron chi connectivity index (χ4n) is 3.43. The van der Waals surface area contributed by atoms with Crippen LogP contribution in [0.1, 0.15) is 11.1 Å². The van der Waals surface area contributed by atoms with Crippen LogP contribution < -0.4 is 4.90 Å². The zero-order valence-corrected chi connectivity index (χ0v) is 15.2. The van der Waals surface area contributed by atoms with Crippen LogP contribution in [0.4, 0.5) is 18.9 Å². The Morgan fingerprint density at radius 1 is 1.07 bits per heavy atom. The lowest BCUT2D eigenvalue weighted by Gasteiger charge is -2.36. The van der Waals surface area contributed by atoms with Crippen LogP contribution in [0, 0.1) is 0 Å². The molecule has 0 spiro atoms. The Morgan fingerprint density at radius 3 is 2.59 bits per heavy atom. The van der Waals surface area contributed by atoms with Crippen LogP contribution in [0.25, 0.3) is 10.2 Å². The third kappa shape index (κ3) is 3.72. The van der Waals surface area contributed by atoms with Crippen molar-refractivity contribution in [2.45, 2.75) is 12.7 Å². The van der Waals surface area contributed by atoms with Gasteiger partial charge < -0.3 is 10.0 Å². The van der Waals surface area contributed by atoms with Crippen molar-refractivity contribution in [1.29, 1.82) is 0 Å². The van der Waals surface area contributed by atoms with Crippen LogP contribution in [-0.2, 0) is 12.7 Å².